The van der Waals surface area contributed by atoms with E-state index in [9.17, 15) is 18.4 Å². The van der Waals surface area contributed by atoms with Crippen LogP contribution < -0.4 is 11.1 Å². The first kappa shape index (κ1) is 19.3. The number of nitrogens with one attached hydrogen (secondary N) is 1. The number of carbonyl (C=O) groups excluding carboxylic acids is 2. The third-order valence-electron chi connectivity index (χ3n) is 5.04. The van der Waals surface area contributed by atoms with E-state index in [1.54, 1.807) is 0 Å². The molecule has 1 saturated carbocycles. The van der Waals surface area contributed by atoms with Crippen LogP contribution in [0.4, 0.5) is 8.78 Å². The third-order valence-corrected chi connectivity index (χ3v) is 5.04. The average Bonchev–Trinajstić information content (AvgIpc) is 3.20. The molecule has 0 spiro atoms. The van der Waals surface area contributed by atoms with Crippen molar-refractivity contribution in [3.8, 4) is 0 Å². The second-order valence-corrected chi connectivity index (χ2v) is 7.04. The number of nitrogens with two attached hydrogens (primary N) is 1. The molecule has 2 rings (SSSR count). The Morgan fingerprint density at radius 2 is 1.84 bits per heavy atom. The molecule has 4 atom stereocenters. The van der Waals surface area contributed by atoms with Crippen molar-refractivity contribution in [3.05, 3.63) is 35.4 Å². The molecule has 1 aromatic carbocycles. The molecule has 3 unspecified atom stereocenters. The van der Waals surface area contributed by atoms with E-state index in [0.717, 1.165) is 12.5 Å². The standard InChI is InChI=1S/C19H26F2N2O2/c1-3-23-19(25)17(9-13-6-11(13)2)16(18(22)24)5-4-12-7-14(20)10-15(21)8-12/h7-8,10-11,13,16-17H,3-6,9H2,1-2H3,(H2,22,24)(H,23,25)/t11?,13?,16-,17?/m0/s1. The van der Waals surface area contributed by atoms with Gasteiger partial charge in [-0.1, -0.05) is 6.92 Å². The van der Waals surface area contributed by atoms with Gasteiger partial charge in [-0.2, -0.15) is 0 Å². The number of aryl methyl sites for hydroxylation is 1. The minimum Gasteiger partial charge on any atom is -0.369 e. The molecule has 1 fully saturated rings. The molecule has 0 bridgehead atoms. The Labute approximate surface area is 147 Å². The van der Waals surface area contributed by atoms with Gasteiger partial charge in [0.2, 0.25) is 11.8 Å². The molecule has 0 saturated heterocycles. The van der Waals surface area contributed by atoms with E-state index in [-0.39, 0.29) is 5.91 Å². The maximum atomic E-state index is 13.3. The summed E-state index contributed by atoms with van der Waals surface area (Å²) >= 11 is 0. The van der Waals surface area contributed by atoms with Crippen molar-refractivity contribution in [3.63, 3.8) is 0 Å². The molecule has 0 aromatic heterocycles. The minimum absolute atomic E-state index is 0.171. The van der Waals surface area contributed by atoms with E-state index in [2.05, 4.69) is 12.2 Å². The molecule has 1 aliphatic rings. The number of rotatable bonds is 9. The van der Waals surface area contributed by atoms with Gasteiger partial charge in [0, 0.05) is 24.4 Å². The molecule has 0 aliphatic heterocycles. The molecule has 2 amide bonds. The lowest BCUT2D eigenvalue weighted by Gasteiger charge is -2.24. The zero-order valence-electron chi connectivity index (χ0n) is 14.7. The Bertz CT molecular complexity index is 616. The highest BCUT2D eigenvalue weighted by molar-refractivity contribution is 5.86. The van der Waals surface area contributed by atoms with Crippen LogP contribution in [0, 0.1) is 35.3 Å². The monoisotopic (exact) mass is 352 g/mol. The van der Waals surface area contributed by atoms with Crippen LogP contribution in [0.1, 0.15) is 38.7 Å². The maximum absolute atomic E-state index is 13.3. The van der Waals surface area contributed by atoms with Gasteiger partial charge < -0.3 is 11.1 Å². The average molecular weight is 352 g/mol. The number of carbonyl (C=O) groups is 2. The molecule has 6 heteroatoms. The van der Waals surface area contributed by atoms with Crippen LogP contribution in [0.3, 0.4) is 0 Å². The van der Waals surface area contributed by atoms with Gasteiger partial charge in [0.05, 0.1) is 0 Å². The van der Waals surface area contributed by atoms with Crippen LogP contribution in [-0.2, 0) is 16.0 Å². The molecule has 138 valence electrons. The van der Waals surface area contributed by atoms with Gasteiger partial charge in [0.15, 0.2) is 0 Å². The van der Waals surface area contributed by atoms with Crippen LogP contribution >= 0.6 is 0 Å². The summed E-state index contributed by atoms with van der Waals surface area (Å²) in [6.45, 7) is 4.42. The highest BCUT2D eigenvalue weighted by Crippen LogP contribution is 2.44. The Kier molecular flexibility index (Phi) is 6.51. The van der Waals surface area contributed by atoms with Crippen molar-refractivity contribution < 1.29 is 18.4 Å². The molecular formula is C19H26F2N2O2. The molecule has 1 aromatic rings. The smallest absolute Gasteiger partial charge is 0.223 e. The van der Waals surface area contributed by atoms with Gasteiger partial charge >= 0.3 is 0 Å². The summed E-state index contributed by atoms with van der Waals surface area (Å²) in [5.41, 5.74) is 6.02. The summed E-state index contributed by atoms with van der Waals surface area (Å²) in [7, 11) is 0. The summed E-state index contributed by atoms with van der Waals surface area (Å²) in [6.07, 6.45) is 2.26. The molecule has 0 heterocycles. The predicted octanol–water partition coefficient (Wildman–Crippen LogP) is 2.80. The highest BCUT2D eigenvalue weighted by atomic mass is 19.1. The van der Waals surface area contributed by atoms with Gasteiger partial charge in [-0.15, -0.1) is 0 Å². The number of amides is 2. The van der Waals surface area contributed by atoms with E-state index in [1.165, 1.54) is 12.1 Å². The van der Waals surface area contributed by atoms with Crippen molar-refractivity contribution in [1.29, 1.82) is 0 Å². The summed E-state index contributed by atoms with van der Waals surface area (Å²) in [5, 5.41) is 2.78. The van der Waals surface area contributed by atoms with E-state index < -0.39 is 29.4 Å². The Hall–Kier alpha value is -1.98. The summed E-state index contributed by atoms with van der Waals surface area (Å²) < 4.78 is 26.7. The fourth-order valence-electron chi connectivity index (χ4n) is 3.43. The van der Waals surface area contributed by atoms with E-state index in [1.807, 2.05) is 6.92 Å². The van der Waals surface area contributed by atoms with Gasteiger partial charge in [-0.25, -0.2) is 8.78 Å². The minimum atomic E-state index is -0.655. The lowest BCUT2D eigenvalue weighted by atomic mass is 9.82. The van der Waals surface area contributed by atoms with Gasteiger partial charge in [0.25, 0.3) is 0 Å². The first-order chi connectivity index (χ1) is 11.8. The largest absolute Gasteiger partial charge is 0.369 e. The van der Waals surface area contributed by atoms with Crippen molar-refractivity contribution in [2.24, 2.45) is 29.4 Å². The summed E-state index contributed by atoms with van der Waals surface area (Å²) in [6, 6.07) is 3.29. The molecular weight excluding hydrogens is 326 g/mol. The first-order valence-electron chi connectivity index (χ1n) is 8.83. The normalized spacial score (nSPS) is 21.4. The zero-order chi connectivity index (χ0) is 18.6. The zero-order valence-corrected chi connectivity index (χ0v) is 14.7. The number of hydrogen-bond donors (Lipinski definition) is 2. The number of hydrogen-bond acceptors (Lipinski definition) is 2. The fourth-order valence-corrected chi connectivity index (χ4v) is 3.43. The van der Waals surface area contributed by atoms with Gasteiger partial charge in [-0.05, 0) is 62.1 Å². The first-order valence-corrected chi connectivity index (χ1v) is 8.83. The number of halogens is 2. The summed E-state index contributed by atoms with van der Waals surface area (Å²) in [4.78, 5) is 24.4. The van der Waals surface area contributed by atoms with Crippen LogP contribution in [0.15, 0.2) is 18.2 Å². The van der Waals surface area contributed by atoms with Crippen molar-refractivity contribution in [1.82, 2.24) is 5.32 Å². The lowest BCUT2D eigenvalue weighted by Crippen LogP contribution is -2.41. The molecule has 0 radical (unpaired) electrons. The second-order valence-electron chi connectivity index (χ2n) is 7.04. The summed E-state index contributed by atoms with van der Waals surface area (Å²) in [5.74, 6) is -2.17. The SMILES string of the molecule is CCNC(=O)C(CC1CC1C)[C@H](CCc1cc(F)cc(F)c1)C(N)=O. The Morgan fingerprint density at radius 1 is 1.24 bits per heavy atom. The van der Waals surface area contributed by atoms with Gasteiger partial charge in [-0.3, -0.25) is 9.59 Å². The highest BCUT2D eigenvalue weighted by Gasteiger charge is 2.40. The van der Waals surface area contributed by atoms with Crippen LogP contribution in [0.2, 0.25) is 0 Å². The maximum Gasteiger partial charge on any atom is 0.223 e. The van der Waals surface area contributed by atoms with Gasteiger partial charge in [0.1, 0.15) is 11.6 Å². The van der Waals surface area contributed by atoms with E-state index in [0.29, 0.717) is 43.2 Å². The number of benzene rings is 1. The lowest BCUT2D eigenvalue weighted by molar-refractivity contribution is -0.134. The topological polar surface area (TPSA) is 72.2 Å². The van der Waals surface area contributed by atoms with Crippen molar-refractivity contribution in [2.45, 2.75) is 39.5 Å². The van der Waals surface area contributed by atoms with E-state index in [4.69, 9.17) is 5.73 Å². The third kappa shape index (κ3) is 5.51. The Morgan fingerprint density at radius 3 is 2.32 bits per heavy atom. The second kappa shape index (κ2) is 8.41. The number of primary amides is 1. The molecule has 4 nitrogen and oxygen atoms in total. The van der Waals surface area contributed by atoms with Crippen LogP contribution in [0.5, 0.6) is 0 Å². The molecule has 3 N–H and O–H groups in total. The van der Waals surface area contributed by atoms with Crippen molar-refractivity contribution >= 4 is 11.8 Å². The Balaban J connectivity index is 2.11. The van der Waals surface area contributed by atoms with E-state index >= 15 is 0 Å². The predicted molar refractivity (Wildman–Crippen MR) is 91.4 cm³/mol. The quantitative estimate of drug-likeness (QED) is 0.717. The van der Waals surface area contributed by atoms with Crippen LogP contribution in [0.25, 0.3) is 0 Å². The van der Waals surface area contributed by atoms with Crippen molar-refractivity contribution in [2.75, 3.05) is 6.54 Å². The molecule has 1 aliphatic carbocycles. The molecule has 25 heavy (non-hydrogen) atoms. The van der Waals surface area contributed by atoms with Crippen LogP contribution in [-0.4, -0.2) is 18.4 Å². The fraction of sp³-hybridized carbons (Fsp3) is 0.579.